The van der Waals surface area contributed by atoms with Crippen molar-refractivity contribution in [3.63, 3.8) is 0 Å². The summed E-state index contributed by atoms with van der Waals surface area (Å²) in [6.07, 6.45) is 2.01. The third-order valence-corrected chi connectivity index (χ3v) is 2.82. The molecular weight excluding hydrogens is 238 g/mol. The average molecular weight is 263 g/mol. The van der Waals surface area contributed by atoms with Gasteiger partial charge in [0.25, 0.3) is 0 Å². The Morgan fingerprint density at radius 3 is 2.79 bits per heavy atom. The molecule has 4 heteroatoms. The van der Waals surface area contributed by atoms with E-state index in [0.29, 0.717) is 6.54 Å². The highest BCUT2D eigenvalue weighted by molar-refractivity contribution is 5.78. The number of aryl methyl sites for hydroxylation is 1. The lowest BCUT2D eigenvalue weighted by atomic mass is 10.1. The molecule has 1 aromatic rings. The highest BCUT2D eigenvalue weighted by Gasteiger charge is 2.07. The predicted octanol–water partition coefficient (Wildman–Crippen LogP) is 1.66. The van der Waals surface area contributed by atoms with Crippen molar-refractivity contribution in [3.8, 4) is 0 Å². The Bertz CT molecular complexity index is 404. The Morgan fingerprint density at radius 2 is 2.16 bits per heavy atom. The minimum Gasteiger partial charge on any atom is -0.399 e. The van der Waals surface area contributed by atoms with Crippen molar-refractivity contribution in [2.75, 3.05) is 25.9 Å². The third-order valence-electron chi connectivity index (χ3n) is 2.82. The monoisotopic (exact) mass is 263 g/mol. The molecule has 0 aliphatic carbocycles. The summed E-state index contributed by atoms with van der Waals surface area (Å²) in [5.74, 6) is 0.0847. The van der Waals surface area contributed by atoms with E-state index < -0.39 is 0 Å². The van der Waals surface area contributed by atoms with E-state index in [4.69, 9.17) is 5.73 Å². The van der Waals surface area contributed by atoms with Crippen LogP contribution in [0.5, 0.6) is 0 Å². The molecule has 106 valence electrons. The fourth-order valence-corrected chi connectivity index (χ4v) is 1.99. The van der Waals surface area contributed by atoms with Gasteiger partial charge in [-0.15, -0.1) is 0 Å². The topological polar surface area (TPSA) is 58.4 Å². The van der Waals surface area contributed by atoms with Gasteiger partial charge in [-0.2, -0.15) is 0 Å². The zero-order valence-corrected chi connectivity index (χ0v) is 12.1. The lowest BCUT2D eigenvalue weighted by Crippen LogP contribution is -2.38. The highest BCUT2D eigenvalue weighted by Crippen LogP contribution is 2.08. The Labute approximate surface area is 116 Å². The van der Waals surface area contributed by atoms with Crippen LogP contribution in [0.1, 0.15) is 25.8 Å². The number of carbonyl (C=O) groups excluding carboxylic acids is 1. The summed E-state index contributed by atoms with van der Waals surface area (Å²) < 4.78 is 0. The maximum atomic E-state index is 11.6. The van der Waals surface area contributed by atoms with Crippen LogP contribution in [0.3, 0.4) is 0 Å². The first-order valence-corrected chi connectivity index (χ1v) is 6.79. The lowest BCUT2D eigenvalue weighted by molar-refractivity contribution is -0.122. The maximum Gasteiger partial charge on any atom is 0.234 e. The molecule has 0 aliphatic rings. The molecular formula is C15H25N3O. The van der Waals surface area contributed by atoms with Gasteiger partial charge in [0, 0.05) is 11.7 Å². The van der Waals surface area contributed by atoms with Crippen molar-refractivity contribution in [3.05, 3.63) is 29.8 Å². The smallest absolute Gasteiger partial charge is 0.234 e. The molecule has 3 N–H and O–H groups in total. The molecule has 0 heterocycles. The largest absolute Gasteiger partial charge is 0.399 e. The molecule has 0 saturated heterocycles. The highest BCUT2D eigenvalue weighted by atomic mass is 16.2. The Hall–Kier alpha value is -1.55. The summed E-state index contributed by atoms with van der Waals surface area (Å²) in [4.78, 5) is 13.6. The van der Waals surface area contributed by atoms with Crippen LogP contribution in [0, 0.1) is 0 Å². The van der Waals surface area contributed by atoms with E-state index in [1.165, 1.54) is 5.56 Å². The van der Waals surface area contributed by atoms with Crippen molar-refractivity contribution in [2.45, 2.75) is 32.7 Å². The van der Waals surface area contributed by atoms with Crippen LogP contribution in [0.4, 0.5) is 5.69 Å². The predicted molar refractivity (Wildman–Crippen MR) is 80.0 cm³/mol. The summed E-state index contributed by atoms with van der Waals surface area (Å²) >= 11 is 0. The molecule has 4 nitrogen and oxygen atoms in total. The molecule has 0 unspecified atom stereocenters. The van der Waals surface area contributed by atoms with E-state index in [-0.39, 0.29) is 11.9 Å². The summed E-state index contributed by atoms with van der Waals surface area (Å²) in [5.41, 5.74) is 7.80. The number of carbonyl (C=O) groups is 1. The van der Waals surface area contributed by atoms with Gasteiger partial charge in [-0.25, -0.2) is 0 Å². The van der Waals surface area contributed by atoms with Crippen LogP contribution in [0.15, 0.2) is 24.3 Å². The van der Waals surface area contributed by atoms with Gasteiger partial charge in [-0.1, -0.05) is 12.1 Å². The van der Waals surface area contributed by atoms with Crippen LogP contribution in [0.25, 0.3) is 0 Å². The number of hydrogen-bond donors (Lipinski definition) is 2. The van der Waals surface area contributed by atoms with Crippen molar-refractivity contribution in [1.82, 2.24) is 10.2 Å². The zero-order valence-electron chi connectivity index (χ0n) is 12.1. The SMILES string of the molecule is CC(C)NC(=O)CN(C)CCCc1cccc(N)c1. The fraction of sp³-hybridized carbons (Fsp3) is 0.533. The van der Waals surface area contributed by atoms with Crippen LogP contribution in [-0.2, 0) is 11.2 Å². The van der Waals surface area contributed by atoms with Crippen LogP contribution in [0.2, 0.25) is 0 Å². The molecule has 0 fully saturated rings. The quantitative estimate of drug-likeness (QED) is 0.736. The number of nitrogens with one attached hydrogen (secondary N) is 1. The number of amides is 1. The van der Waals surface area contributed by atoms with Gasteiger partial charge >= 0.3 is 0 Å². The van der Waals surface area contributed by atoms with Crippen LogP contribution in [-0.4, -0.2) is 37.0 Å². The maximum absolute atomic E-state index is 11.6. The van der Waals surface area contributed by atoms with E-state index in [1.54, 1.807) is 0 Å². The first kappa shape index (κ1) is 15.5. The first-order valence-electron chi connectivity index (χ1n) is 6.79. The van der Waals surface area contributed by atoms with E-state index >= 15 is 0 Å². The number of nitrogens with zero attached hydrogens (tertiary/aromatic N) is 1. The van der Waals surface area contributed by atoms with Gasteiger partial charge < -0.3 is 11.1 Å². The van der Waals surface area contributed by atoms with Crippen molar-refractivity contribution in [1.29, 1.82) is 0 Å². The molecule has 0 saturated carbocycles. The van der Waals surface area contributed by atoms with E-state index in [2.05, 4.69) is 11.4 Å². The molecule has 0 atom stereocenters. The second-order valence-corrected chi connectivity index (χ2v) is 5.31. The van der Waals surface area contributed by atoms with E-state index in [0.717, 1.165) is 25.1 Å². The Kier molecular flexibility index (Phi) is 6.36. The van der Waals surface area contributed by atoms with Crippen molar-refractivity contribution >= 4 is 11.6 Å². The van der Waals surface area contributed by atoms with Crippen molar-refractivity contribution in [2.24, 2.45) is 0 Å². The van der Waals surface area contributed by atoms with Crippen LogP contribution < -0.4 is 11.1 Å². The number of nitrogen functional groups attached to an aromatic ring is 1. The van der Waals surface area contributed by atoms with Crippen molar-refractivity contribution < 1.29 is 4.79 Å². The number of rotatable bonds is 7. The van der Waals surface area contributed by atoms with E-state index in [9.17, 15) is 4.79 Å². The number of benzene rings is 1. The van der Waals surface area contributed by atoms with Gasteiger partial charge in [0.2, 0.25) is 5.91 Å². The van der Waals surface area contributed by atoms with Gasteiger partial charge in [-0.3, -0.25) is 9.69 Å². The second-order valence-electron chi connectivity index (χ2n) is 5.31. The molecule has 0 radical (unpaired) electrons. The Morgan fingerprint density at radius 1 is 1.42 bits per heavy atom. The summed E-state index contributed by atoms with van der Waals surface area (Å²) in [7, 11) is 1.97. The number of hydrogen-bond acceptors (Lipinski definition) is 3. The zero-order chi connectivity index (χ0) is 14.3. The molecule has 1 amide bonds. The standard InChI is InChI=1S/C15H25N3O/c1-12(2)17-15(19)11-18(3)9-5-7-13-6-4-8-14(16)10-13/h4,6,8,10,12H,5,7,9,11,16H2,1-3H3,(H,17,19). The molecule has 1 rings (SSSR count). The van der Waals surface area contributed by atoms with Gasteiger partial charge in [0.1, 0.15) is 0 Å². The normalized spacial score (nSPS) is 11.0. The Balaban J connectivity index is 2.23. The third kappa shape index (κ3) is 6.82. The summed E-state index contributed by atoms with van der Waals surface area (Å²) in [5, 5.41) is 2.89. The van der Waals surface area contributed by atoms with E-state index in [1.807, 2.05) is 44.0 Å². The van der Waals surface area contributed by atoms with Gasteiger partial charge in [0.15, 0.2) is 0 Å². The van der Waals surface area contributed by atoms with Gasteiger partial charge in [0.05, 0.1) is 6.54 Å². The molecule has 19 heavy (non-hydrogen) atoms. The lowest BCUT2D eigenvalue weighted by Gasteiger charge is -2.17. The van der Waals surface area contributed by atoms with Gasteiger partial charge in [-0.05, 0) is 58.0 Å². The summed E-state index contributed by atoms with van der Waals surface area (Å²) in [6.45, 7) is 5.30. The minimum atomic E-state index is 0.0847. The molecule has 0 aliphatic heterocycles. The number of anilines is 1. The van der Waals surface area contributed by atoms with Crippen LogP contribution >= 0.6 is 0 Å². The summed E-state index contributed by atoms with van der Waals surface area (Å²) in [6, 6.07) is 8.16. The molecule has 0 bridgehead atoms. The molecule has 0 spiro atoms. The fourth-order valence-electron chi connectivity index (χ4n) is 1.99. The first-order chi connectivity index (χ1) is 8.97. The number of likely N-dealkylation sites (N-methyl/N-ethyl adjacent to an activating group) is 1. The average Bonchev–Trinajstić information content (AvgIpc) is 2.27. The minimum absolute atomic E-state index is 0.0847. The number of nitrogens with two attached hydrogens (primary N) is 1. The molecule has 1 aromatic carbocycles. The molecule has 0 aromatic heterocycles. The second kappa shape index (κ2) is 7.79.